The van der Waals surface area contributed by atoms with Crippen LogP contribution in [-0.4, -0.2) is 26.9 Å². The van der Waals surface area contributed by atoms with Gasteiger partial charge in [-0.05, 0) is 32.0 Å². The van der Waals surface area contributed by atoms with Crippen LogP contribution in [0.1, 0.15) is 30.2 Å². The molecular formula is C20H21N3O4. The SMILES string of the molecule is CCOC(=O)c1cn(C(C)Cn2cccn2)cc(Oc2ccccc2)c1=O. The first-order valence-corrected chi connectivity index (χ1v) is 8.71. The van der Waals surface area contributed by atoms with Gasteiger partial charge in [-0.1, -0.05) is 18.2 Å². The Morgan fingerprint density at radius 3 is 2.63 bits per heavy atom. The molecule has 1 atom stereocenters. The molecule has 0 spiro atoms. The third kappa shape index (κ3) is 4.44. The van der Waals surface area contributed by atoms with Gasteiger partial charge in [-0.3, -0.25) is 9.48 Å². The van der Waals surface area contributed by atoms with E-state index in [0.717, 1.165) is 0 Å². The second kappa shape index (κ2) is 8.35. The Labute approximate surface area is 156 Å². The van der Waals surface area contributed by atoms with Crippen molar-refractivity contribution in [2.45, 2.75) is 26.4 Å². The zero-order valence-corrected chi connectivity index (χ0v) is 15.2. The van der Waals surface area contributed by atoms with Crippen molar-refractivity contribution in [2.75, 3.05) is 6.61 Å². The Hall–Kier alpha value is -3.35. The summed E-state index contributed by atoms with van der Waals surface area (Å²) in [6.45, 7) is 4.42. The van der Waals surface area contributed by atoms with E-state index in [-0.39, 0.29) is 24.0 Å². The lowest BCUT2D eigenvalue weighted by atomic mass is 10.2. The third-order valence-electron chi connectivity index (χ3n) is 4.00. The minimum Gasteiger partial charge on any atom is -0.462 e. The number of benzene rings is 1. The van der Waals surface area contributed by atoms with Crippen molar-refractivity contribution < 1.29 is 14.3 Å². The maximum atomic E-state index is 12.7. The number of esters is 1. The zero-order valence-electron chi connectivity index (χ0n) is 15.2. The number of carbonyl (C=O) groups is 1. The van der Waals surface area contributed by atoms with Gasteiger partial charge in [0.05, 0.1) is 25.4 Å². The van der Waals surface area contributed by atoms with Gasteiger partial charge in [0.2, 0.25) is 5.43 Å². The molecule has 7 heteroatoms. The maximum absolute atomic E-state index is 12.7. The minimum absolute atomic E-state index is 0.0578. The molecule has 2 aromatic heterocycles. The number of aromatic nitrogens is 3. The van der Waals surface area contributed by atoms with Crippen LogP contribution in [0.2, 0.25) is 0 Å². The van der Waals surface area contributed by atoms with Crippen LogP contribution in [0.3, 0.4) is 0 Å². The fourth-order valence-electron chi connectivity index (χ4n) is 2.64. The van der Waals surface area contributed by atoms with Crippen molar-refractivity contribution in [1.29, 1.82) is 0 Å². The van der Waals surface area contributed by atoms with Crippen LogP contribution in [0.5, 0.6) is 11.5 Å². The van der Waals surface area contributed by atoms with Gasteiger partial charge in [0.25, 0.3) is 0 Å². The number of carbonyl (C=O) groups excluding carboxylic acids is 1. The van der Waals surface area contributed by atoms with Crippen molar-refractivity contribution in [3.8, 4) is 11.5 Å². The van der Waals surface area contributed by atoms with Crippen LogP contribution in [0.25, 0.3) is 0 Å². The second-order valence-corrected chi connectivity index (χ2v) is 6.03. The Bertz CT molecular complexity index is 949. The van der Waals surface area contributed by atoms with Crippen LogP contribution < -0.4 is 10.2 Å². The summed E-state index contributed by atoms with van der Waals surface area (Å²) in [5.74, 6) is -0.0815. The van der Waals surface area contributed by atoms with Gasteiger partial charge >= 0.3 is 5.97 Å². The minimum atomic E-state index is -0.666. The van der Waals surface area contributed by atoms with E-state index in [4.69, 9.17) is 9.47 Å². The molecular weight excluding hydrogens is 346 g/mol. The molecule has 140 valence electrons. The first-order valence-electron chi connectivity index (χ1n) is 8.71. The van der Waals surface area contributed by atoms with Crippen molar-refractivity contribution >= 4 is 5.97 Å². The Balaban J connectivity index is 1.99. The van der Waals surface area contributed by atoms with E-state index in [1.54, 1.807) is 40.7 Å². The summed E-state index contributed by atoms with van der Waals surface area (Å²) < 4.78 is 14.3. The first-order chi connectivity index (χ1) is 13.1. The molecule has 0 aliphatic heterocycles. The highest BCUT2D eigenvalue weighted by Crippen LogP contribution is 2.20. The molecule has 0 amide bonds. The van der Waals surface area contributed by atoms with Gasteiger partial charge in [0.15, 0.2) is 5.75 Å². The third-order valence-corrected chi connectivity index (χ3v) is 4.00. The molecule has 0 saturated carbocycles. The molecule has 0 saturated heterocycles. The average Bonchev–Trinajstić information content (AvgIpc) is 3.17. The Morgan fingerprint density at radius 1 is 1.19 bits per heavy atom. The summed E-state index contributed by atoms with van der Waals surface area (Å²) >= 11 is 0. The van der Waals surface area contributed by atoms with Crippen molar-refractivity contribution in [1.82, 2.24) is 14.3 Å². The molecule has 0 N–H and O–H groups in total. The number of pyridine rings is 1. The van der Waals surface area contributed by atoms with Crippen LogP contribution in [0, 0.1) is 0 Å². The summed E-state index contributed by atoms with van der Waals surface area (Å²) in [6.07, 6.45) is 6.66. The van der Waals surface area contributed by atoms with E-state index in [1.165, 1.54) is 6.20 Å². The molecule has 3 rings (SSSR count). The molecule has 1 aromatic carbocycles. The zero-order chi connectivity index (χ0) is 19.2. The summed E-state index contributed by atoms with van der Waals surface area (Å²) in [4.78, 5) is 25.0. The summed E-state index contributed by atoms with van der Waals surface area (Å²) in [6, 6.07) is 10.7. The van der Waals surface area contributed by atoms with Gasteiger partial charge in [0.1, 0.15) is 11.3 Å². The number of hydrogen-bond acceptors (Lipinski definition) is 5. The van der Waals surface area contributed by atoms with E-state index in [0.29, 0.717) is 12.3 Å². The van der Waals surface area contributed by atoms with Gasteiger partial charge in [-0.15, -0.1) is 0 Å². The average molecular weight is 367 g/mol. The van der Waals surface area contributed by atoms with E-state index >= 15 is 0 Å². The predicted octanol–water partition coefficient (Wildman–Crippen LogP) is 3.28. The van der Waals surface area contributed by atoms with Gasteiger partial charge in [-0.25, -0.2) is 4.79 Å². The molecule has 0 fully saturated rings. The molecule has 0 aliphatic carbocycles. The summed E-state index contributed by atoms with van der Waals surface area (Å²) in [5.41, 5.74) is -0.558. The van der Waals surface area contributed by atoms with Crippen LogP contribution in [0.4, 0.5) is 0 Å². The topological polar surface area (TPSA) is 75.3 Å². The molecule has 0 aliphatic rings. The molecule has 0 bridgehead atoms. The van der Waals surface area contributed by atoms with Gasteiger partial charge in [0, 0.05) is 18.6 Å². The Morgan fingerprint density at radius 2 is 1.96 bits per heavy atom. The van der Waals surface area contributed by atoms with Crippen LogP contribution >= 0.6 is 0 Å². The van der Waals surface area contributed by atoms with Crippen molar-refractivity contribution in [3.63, 3.8) is 0 Å². The van der Waals surface area contributed by atoms with Gasteiger partial charge in [-0.2, -0.15) is 5.10 Å². The normalized spacial score (nSPS) is 11.8. The molecule has 3 aromatic rings. The molecule has 1 unspecified atom stereocenters. The highest BCUT2D eigenvalue weighted by molar-refractivity contribution is 5.89. The quantitative estimate of drug-likeness (QED) is 0.599. The summed E-state index contributed by atoms with van der Waals surface area (Å²) in [7, 11) is 0. The fraction of sp³-hybridized carbons (Fsp3) is 0.250. The highest BCUT2D eigenvalue weighted by Gasteiger charge is 2.19. The Kier molecular flexibility index (Phi) is 5.71. The molecule has 0 radical (unpaired) electrons. The molecule has 7 nitrogen and oxygen atoms in total. The standard InChI is InChI=1S/C20H21N3O4/c1-3-26-20(25)17-13-22(15(2)12-23-11-7-10-21-23)14-18(19(17)24)27-16-8-5-4-6-9-16/h4-11,13-15H,3,12H2,1-2H3. The van der Waals surface area contributed by atoms with Crippen molar-refractivity contribution in [2.24, 2.45) is 0 Å². The predicted molar refractivity (Wildman–Crippen MR) is 100 cm³/mol. The number of ether oxygens (including phenoxy) is 2. The summed E-state index contributed by atoms with van der Waals surface area (Å²) in [5, 5.41) is 4.20. The highest BCUT2D eigenvalue weighted by atomic mass is 16.5. The van der Waals surface area contributed by atoms with E-state index in [1.807, 2.05) is 37.4 Å². The number of hydrogen-bond donors (Lipinski definition) is 0. The maximum Gasteiger partial charge on any atom is 0.343 e. The number of nitrogens with zero attached hydrogens (tertiary/aromatic N) is 3. The second-order valence-electron chi connectivity index (χ2n) is 6.03. The van der Waals surface area contributed by atoms with Gasteiger partial charge < -0.3 is 14.0 Å². The smallest absolute Gasteiger partial charge is 0.343 e. The van der Waals surface area contributed by atoms with E-state index in [2.05, 4.69) is 5.10 Å². The lowest BCUT2D eigenvalue weighted by Gasteiger charge is -2.18. The molecule has 27 heavy (non-hydrogen) atoms. The lowest BCUT2D eigenvalue weighted by molar-refractivity contribution is 0.0523. The first kappa shape index (κ1) is 18.4. The van der Waals surface area contributed by atoms with E-state index < -0.39 is 11.4 Å². The van der Waals surface area contributed by atoms with Crippen molar-refractivity contribution in [3.05, 3.63) is 77.0 Å². The number of para-hydroxylation sites is 1. The number of rotatable bonds is 7. The van der Waals surface area contributed by atoms with E-state index in [9.17, 15) is 9.59 Å². The van der Waals surface area contributed by atoms with Crippen LogP contribution in [-0.2, 0) is 11.3 Å². The largest absolute Gasteiger partial charge is 0.462 e. The monoisotopic (exact) mass is 367 g/mol. The van der Waals surface area contributed by atoms with Crippen LogP contribution in [0.15, 0.2) is 66.0 Å². The fourth-order valence-corrected chi connectivity index (χ4v) is 2.64. The molecule has 2 heterocycles. The lowest BCUT2D eigenvalue weighted by Crippen LogP contribution is -2.23.